The van der Waals surface area contributed by atoms with E-state index >= 15 is 0 Å². The average molecular weight is 602 g/mol. The van der Waals surface area contributed by atoms with Crippen LogP contribution in [0.5, 0.6) is 0 Å². The van der Waals surface area contributed by atoms with Gasteiger partial charge in [0.2, 0.25) is 5.91 Å². The molecule has 41 heavy (non-hydrogen) atoms. The van der Waals surface area contributed by atoms with Crippen LogP contribution in [0.4, 0.5) is 27.6 Å². The Bertz CT molecular complexity index is 1530. The number of nitrogens with zero attached hydrogens (tertiary/aromatic N) is 2. The van der Waals surface area contributed by atoms with Gasteiger partial charge in [-0.05, 0) is 29.8 Å². The number of aromatic amines is 1. The van der Waals surface area contributed by atoms with Crippen molar-refractivity contribution >= 4 is 51.9 Å². The molecular formula is C24H21ClF5N7O4. The summed E-state index contributed by atoms with van der Waals surface area (Å²) in [6.07, 6.45) is -5.64. The smallest absolute Gasteiger partial charge is 0.419 e. The molecule has 3 aromatic rings. The zero-order valence-corrected chi connectivity index (χ0v) is 21.5. The normalized spacial score (nSPS) is 16.0. The number of aliphatic imine (C=N–C) groups is 1. The molecule has 1 aliphatic rings. The number of carboxylic acid groups (broad SMARTS) is 1. The number of carbonyl (C=O) groups excluding carboxylic acids is 2. The third kappa shape index (κ3) is 7.19. The molecule has 6 N–H and O–H groups in total. The van der Waals surface area contributed by atoms with Crippen molar-refractivity contribution in [3.05, 3.63) is 58.0 Å². The molecule has 0 bridgehead atoms. The lowest BCUT2D eigenvalue weighted by Gasteiger charge is -2.20. The predicted octanol–water partition coefficient (Wildman–Crippen LogP) is 3.15. The van der Waals surface area contributed by atoms with Crippen molar-refractivity contribution in [2.45, 2.75) is 24.8 Å². The number of alkyl halides is 4. The van der Waals surface area contributed by atoms with Gasteiger partial charge in [0.15, 0.2) is 11.8 Å². The number of benzene rings is 2. The number of anilines is 1. The maximum absolute atomic E-state index is 14.0. The summed E-state index contributed by atoms with van der Waals surface area (Å²) in [4.78, 5) is 40.8. The van der Waals surface area contributed by atoms with Crippen LogP contribution in [-0.4, -0.2) is 64.9 Å². The van der Waals surface area contributed by atoms with Crippen LogP contribution in [0.3, 0.4) is 0 Å². The van der Waals surface area contributed by atoms with E-state index in [1.165, 1.54) is 18.3 Å². The number of halogens is 6. The highest BCUT2D eigenvalue weighted by Crippen LogP contribution is 2.36. The summed E-state index contributed by atoms with van der Waals surface area (Å²) in [6.45, 7) is -0.699. The van der Waals surface area contributed by atoms with Crippen molar-refractivity contribution < 1.29 is 41.4 Å². The second-order valence-corrected chi connectivity index (χ2v) is 9.32. The lowest BCUT2D eigenvalue weighted by molar-refractivity contribution is -0.140. The molecule has 0 fully saturated rings. The van der Waals surface area contributed by atoms with E-state index in [0.717, 1.165) is 6.07 Å². The molecule has 0 aliphatic carbocycles. The Morgan fingerprint density at radius 3 is 2.61 bits per heavy atom. The van der Waals surface area contributed by atoms with Crippen LogP contribution in [-0.2, 0) is 15.8 Å². The van der Waals surface area contributed by atoms with E-state index in [2.05, 4.69) is 36.5 Å². The SMILES string of the molecule is O=C(O)C[C@H](NC(=O)CNC(=O)c1cc(NC2=NCC(F)CN2)c2cn[nH]c2c1)c1cc(Cl)c(F)c(C(F)(F)F)c1. The third-order valence-corrected chi connectivity index (χ3v) is 6.17. The van der Waals surface area contributed by atoms with Gasteiger partial charge in [0.25, 0.3) is 5.91 Å². The fraction of sp³-hybridized carbons (Fsp3) is 0.292. The van der Waals surface area contributed by atoms with Crippen molar-refractivity contribution in [2.24, 2.45) is 4.99 Å². The fourth-order valence-electron chi connectivity index (χ4n) is 3.97. The molecule has 4 rings (SSSR count). The summed E-state index contributed by atoms with van der Waals surface area (Å²) in [5.74, 6) is -4.61. The number of amides is 2. The Balaban J connectivity index is 1.48. The van der Waals surface area contributed by atoms with Crippen LogP contribution in [0.25, 0.3) is 10.9 Å². The first-order valence-corrected chi connectivity index (χ1v) is 12.2. The number of rotatable bonds is 8. The number of aliphatic carboxylic acids is 1. The summed E-state index contributed by atoms with van der Waals surface area (Å²) < 4.78 is 67.0. The molecule has 0 saturated heterocycles. The number of aromatic nitrogens is 2. The number of nitrogens with one attached hydrogen (secondary N) is 5. The number of carboxylic acids is 1. The van der Waals surface area contributed by atoms with Crippen LogP contribution in [0.15, 0.2) is 35.5 Å². The Morgan fingerprint density at radius 2 is 1.95 bits per heavy atom. The minimum absolute atomic E-state index is 0.0418. The molecule has 0 spiro atoms. The molecule has 0 radical (unpaired) electrons. The molecule has 2 atom stereocenters. The Kier molecular flexibility index (Phi) is 8.60. The lowest BCUT2D eigenvalue weighted by Crippen LogP contribution is -2.41. The Labute approximate surface area is 232 Å². The summed E-state index contributed by atoms with van der Waals surface area (Å²) in [5.41, 5.74) is -1.22. The molecule has 1 aliphatic heterocycles. The van der Waals surface area contributed by atoms with Gasteiger partial charge in [-0.25, -0.2) is 13.8 Å². The minimum atomic E-state index is -5.13. The van der Waals surface area contributed by atoms with Gasteiger partial charge in [-0.2, -0.15) is 18.3 Å². The molecule has 11 nitrogen and oxygen atoms in total. The maximum atomic E-state index is 14.0. The topological polar surface area (TPSA) is 161 Å². The molecular weight excluding hydrogens is 581 g/mol. The predicted molar refractivity (Wildman–Crippen MR) is 137 cm³/mol. The number of guanidine groups is 1. The highest BCUT2D eigenvalue weighted by atomic mass is 35.5. The summed E-state index contributed by atoms with van der Waals surface area (Å²) in [6, 6.07) is 2.50. The van der Waals surface area contributed by atoms with Crippen LogP contribution >= 0.6 is 11.6 Å². The first-order chi connectivity index (χ1) is 19.3. The molecule has 2 heterocycles. The monoisotopic (exact) mass is 601 g/mol. The first-order valence-electron chi connectivity index (χ1n) is 11.8. The molecule has 17 heteroatoms. The fourth-order valence-corrected chi connectivity index (χ4v) is 4.20. The van der Waals surface area contributed by atoms with Crippen LogP contribution in [0.2, 0.25) is 5.02 Å². The highest BCUT2D eigenvalue weighted by Gasteiger charge is 2.36. The summed E-state index contributed by atoms with van der Waals surface area (Å²) in [5, 5.41) is 25.8. The number of hydrogen-bond acceptors (Lipinski definition) is 7. The number of fused-ring (bicyclic) bond motifs is 1. The van der Waals surface area contributed by atoms with E-state index in [-0.39, 0.29) is 24.6 Å². The zero-order chi connectivity index (χ0) is 29.9. The number of hydrogen-bond donors (Lipinski definition) is 6. The van der Waals surface area contributed by atoms with Gasteiger partial charge in [-0.3, -0.25) is 19.5 Å². The second kappa shape index (κ2) is 12.0. The van der Waals surface area contributed by atoms with Crippen molar-refractivity contribution in [2.75, 3.05) is 25.0 Å². The van der Waals surface area contributed by atoms with Gasteiger partial charge in [0, 0.05) is 10.9 Å². The van der Waals surface area contributed by atoms with E-state index in [1.54, 1.807) is 0 Å². The van der Waals surface area contributed by atoms with E-state index in [4.69, 9.17) is 11.6 Å². The van der Waals surface area contributed by atoms with Gasteiger partial charge in [-0.15, -0.1) is 0 Å². The first kappa shape index (κ1) is 29.5. The van der Waals surface area contributed by atoms with Crippen LogP contribution < -0.4 is 21.3 Å². The van der Waals surface area contributed by atoms with Gasteiger partial charge in [0.1, 0.15) is 6.17 Å². The molecule has 0 saturated carbocycles. The van der Waals surface area contributed by atoms with Gasteiger partial charge in [-0.1, -0.05) is 11.6 Å². The zero-order valence-electron chi connectivity index (χ0n) is 20.7. The largest absolute Gasteiger partial charge is 0.481 e. The van der Waals surface area contributed by atoms with Gasteiger partial charge < -0.3 is 26.4 Å². The van der Waals surface area contributed by atoms with Crippen molar-refractivity contribution in [1.29, 1.82) is 0 Å². The molecule has 2 aromatic carbocycles. The average Bonchev–Trinajstić information content (AvgIpc) is 3.38. The highest BCUT2D eigenvalue weighted by molar-refractivity contribution is 6.30. The van der Waals surface area contributed by atoms with Crippen molar-refractivity contribution in [3.8, 4) is 0 Å². The van der Waals surface area contributed by atoms with Gasteiger partial charge in [0.05, 0.1) is 60.1 Å². The third-order valence-electron chi connectivity index (χ3n) is 5.89. The van der Waals surface area contributed by atoms with E-state index in [9.17, 15) is 41.4 Å². The molecule has 1 unspecified atom stereocenters. The maximum Gasteiger partial charge on any atom is 0.419 e. The summed E-state index contributed by atoms with van der Waals surface area (Å²) in [7, 11) is 0. The van der Waals surface area contributed by atoms with E-state index < -0.39 is 71.1 Å². The van der Waals surface area contributed by atoms with Crippen LogP contribution in [0, 0.1) is 5.82 Å². The van der Waals surface area contributed by atoms with Gasteiger partial charge >= 0.3 is 12.1 Å². The van der Waals surface area contributed by atoms with Crippen molar-refractivity contribution in [3.63, 3.8) is 0 Å². The Hall–Kier alpha value is -4.47. The number of H-pyrrole nitrogens is 1. The molecule has 1 aromatic heterocycles. The number of carbonyl (C=O) groups is 3. The standard InChI is InChI=1S/C24H21ClF5N7O4/c25-15-2-10(1-14(21(15)27)24(28,29)30)16(5-20(39)40)35-19(38)9-31-22(41)11-3-17(13-8-34-37-18(13)4-11)36-23-32-6-12(26)7-33-23/h1-4,8,12,16H,5-7,9H2,(H,31,41)(H,34,37)(H,35,38)(H,39,40)(H2,32,33,36)/t16-/m0/s1. The summed E-state index contributed by atoms with van der Waals surface area (Å²) >= 11 is 5.59. The van der Waals surface area contributed by atoms with E-state index in [0.29, 0.717) is 22.7 Å². The van der Waals surface area contributed by atoms with Crippen molar-refractivity contribution in [1.82, 2.24) is 26.1 Å². The molecule has 218 valence electrons. The second-order valence-electron chi connectivity index (χ2n) is 8.91. The minimum Gasteiger partial charge on any atom is -0.481 e. The molecule has 2 amide bonds. The lowest BCUT2D eigenvalue weighted by atomic mass is 10.0. The Morgan fingerprint density at radius 1 is 1.20 bits per heavy atom. The quantitative estimate of drug-likeness (QED) is 0.216. The van der Waals surface area contributed by atoms with Crippen LogP contribution in [0.1, 0.15) is 33.9 Å². The van der Waals surface area contributed by atoms with E-state index in [1.807, 2.05) is 0 Å².